The molecular formula is C15H17NO6S. The number of hydrogen-bond acceptors (Lipinski definition) is 7. The van der Waals surface area contributed by atoms with E-state index in [0.29, 0.717) is 32.0 Å². The third-order valence-electron chi connectivity index (χ3n) is 3.31. The van der Waals surface area contributed by atoms with Gasteiger partial charge in [0.2, 0.25) is 5.91 Å². The second-order valence-electron chi connectivity index (χ2n) is 4.73. The van der Waals surface area contributed by atoms with Crippen LogP contribution in [0.15, 0.2) is 12.1 Å². The zero-order valence-electron chi connectivity index (χ0n) is 12.9. The van der Waals surface area contributed by atoms with Crippen molar-refractivity contribution in [2.24, 2.45) is 5.73 Å². The minimum atomic E-state index is -1.14. The number of carbonyl (C=O) groups is 2. The maximum Gasteiger partial charge on any atom is 0.348 e. The number of rotatable bonds is 6. The molecule has 0 radical (unpaired) electrons. The summed E-state index contributed by atoms with van der Waals surface area (Å²) in [5, 5.41) is 10.8. The lowest BCUT2D eigenvalue weighted by molar-refractivity contribution is -0.119. The van der Waals surface area contributed by atoms with Crippen molar-refractivity contribution in [3.63, 3.8) is 0 Å². The predicted octanol–water partition coefficient (Wildman–Crippen LogP) is 1.61. The van der Waals surface area contributed by atoms with E-state index in [2.05, 4.69) is 0 Å². The molecule has 8 heteroatoms. The molecule has 7 nitrogen and oxygen atoms in total. The molecule has 0 bridgehead atoms. The molecule has 0 saturated carbocycles. The Morgan fingerprint density at radius 1 is 1.26 bits per heavy atom. The first-order valence-corrected chi connectivity index (χ1v) is 7.47. The standard InChI is InChI=1S/C15H17NO6S/c1-20-10-4-7(9(17)6-12(16)18)13(21-2)8-5-11(15(19)22-3)23-14(8)10/h4-5,9,17H,6H2,1-3H3,(H2,16,18). The van der Waals surface area contributed by atoms with E-state index in [1.165, 1.54) is 32.7 Å². The first-order valence-electron chi connectivity index (χ1n) is 6.66. The number of hydrogen-bond donors (Lipinski definition) is 2. The average molecular weight is 339 g/mol. The van der Waals surface area contributed by atoms with E-state index < -0.39 is 18.0 Å². The normalized spacial score (nSPS) is 12.0. The summed E-state index contributed by atoms with van der Waals surface area (Å²) in [4.78, 5) is 23.2. The Balaban J connectivity index is 2.69. The minimum Gasteiger partial charge on any atom is -0.496 e. The van der Waals surface area contributed by atoms with Crippen molar-refractivity contribution in [3.8, 4) is 11.5 Å². The highest BCUT2D eigenvalue weighted by Gasteiger charge is 2.24. The number of nitrogens with two attached hydrogens (primary N) is 1. The van der Waals surface area contributed by atoms with Gasteiger partial charge in [-0.25, -0.2) is 4.79 Å². The van der Waals surface area contributed by atoms with E-state index in [0.717, 1.165) is 0 Å². The lowest BCUT2D eigenvalue weighted by atomic mass is 10.0. The number of aliphatic hydroxyl groups is 1. The van der Waals surface area contributed by atoms with Crippen molar-refractivity contribution in [3.05, 3.63) is 22.6 Å². The second-order valence-corrected chi connectivity index (χ2v) is 5.78. The number of methoxy groups -OCH3 is 3. The molecule has 124 valence electrons. The number of ether oxygens (including phenoxy) is 3. The zero-order valence-corrected chi connectivity index (χ0v) is 13.7. The predicted molar refractivity (Wildman–Crippen MR) is 85.0 cm³/mol. The molecule has 1 unspecified atom stereocenters. The molecule has 1 aromatic carbocycles. The SMILES string of the molecule is COC(=O)c1cc2c(OC)c(C(O)CC(N)=O)cc(OC)c2s1. The molecule has 2 aromatic rings. The smallest absolute Gasteiger partial charge is 0.348 e. The summed E-state index contributed by atoms with van der Waals surface area (Å²) < 4.78 is 16.1. The average Bonchev–Trinajstić information content (AvgIpc) is 2.96. The van der Waals surface area contributed by atoms with Crippen molar-refractivity contribution < 1.29 is 28.9 Å². The first kappa shape index (κ1) is 17.0. The Morgan fingerprint density at radius 3 is 2.48 bits per heavy atom. The Labute approximate surface area is 136 Å². The van der Waals surface area contributed by atoms with Gasteiger partial charge >= 0.3 is 5.97 Å². The van der Waals surface area contributed by atoms with E-state index in [1.54, 1.807) is 12.1 Å². The van der Waals surface area contributed by atoms with E-state index >= 15 is 0 Å². The monoisotopic (exact) mass is 339 g/mol. The van der Waals surface area contributed by atoms with Gasteiger partial charge in [-0.15, -0.1) is 11.3 Å². The first-order chi connectivity index (χ1) is 10.9. The van der Waals surface area contributed by atoms with Crippen LogP contribution < -0.4 is 15.2 Å². The number of esters is 1. The van der Waals surface area contributed by atoms with Gasteiger partial charge in [-0.2, -0.15) is 0 Å². The van der Waals surface area contributed by atoms with Gasteiger partial charge in [0.15, 0.2) is 0 Å². The number of carbonyl (C=O) groups excluding carboxylic acids is 2. The maximum atomic E-state index is 11.7. The van der Waals surface area contributed by atoms with Gasteiger partial charge in [0.25, 0.3) is 0 Å². The Hall–Kier alpha value is -2.32. The summed E-state index contributed by atoms with van der Waals surface area (Å²) in [7, 11) is 4.21. The van der Waals surface area contributed by atoms with Crippen molar-refractivity contribution in [2.75, 3.05) is 21.3 Å². The summed E-state index contributed by atoms with van der Waals surface area (Å²) >= 11 is 1.19. The molecule has 2 rings (SSSR count). The second kappa shape index (κ2) is 6.84. The van der Waals surface area contributed by atoms with Crippen LogP contribution in [0.1, 0.15) is 27.8 Å². The molecule has 23 heavy (non-hydrogen) atoms. The van der Waals surface area contributed by atoms with Gasteiger partial charge in [0, 0.05) is 10.9 Å². The summed E-state index contributed by atoms with van der Waals surface area (Å²) in [6, 6.07) is 3.18. The third-order valence-corrected chi connectivity index (χ3v) is 4.44. The molecular weight excluding hydrogens is 322 g/mol. The van der Waals surface area contributed by atoms with Crippen LogP contribution in [0.3, 0.4) is 0 Å². The number of primary amides is 1. The van der Waals surface area contributed by atoms with Crippen LogP contribution in [0.4, 0.5) is 0 Å². The van der Waals surface area contributed by atoms with Crippen LogP contribution in [0, 0.1) is 0 Å². The molecule has 0 saturated heterocycles. The van der Waals surface area contributed by atoms with Crippen molar-refractivity contribution in [1.29, 1.82) is 0 Å². The molecule has 1 amide bonds. The van der Waals surface area contributed by atoms with E-state index in [-0.39, 0.29) is 6.42 Å². The summed E-state index contributed by atoms with van der Waals surface area (Å²) in [5.74, 6) is -0.297. The van der Waals surface area contributed by atoms with Crippen LogP contribution in [-0.4, -0.2) is 38.3 Å². The van der Waals surface area contributed by atoms with E-state index in [9.17, 15) is 14.7 Å². The fraction of sp³-hybridized carbons (Fsp3) is 0.333. The summed E-state index contributed by atoms with van der Waals surface area (Å²) in [6.07, 6.45) is -1.39. The maximum absolute atomic E-state index is 11.7. The molecule has 1 atom stereocenters. The van der Waals surface area contributed by atoms with Crippen LogP contribution in [0.5, 0.6) is 11.5 Å². The van der Waals surface area contributed by atoms with Gasteiger partial charge < -0.3 is 25.1 Å². The van der Waals surface area contributed by atoms with Crippen molar-refractivity contribution in [2.45, 2.75) is 12.5 Å². The highest BCUT2D eigenvalue weighted by molar-refractivity contribution is 7.21. The fourth-order valence-corrected chi connectivity index (χ4v) is 3.37. The summed E-state index contributed by atoms with van der Waals surface area (Å²) in [5.41, 5.74) is 5.50. The Bertz CT molecular complexity index is 754. The Kier molecular flexibility index (Phi) is 5.07. The highest BCUT2D eigenvalue weighted by atomic mass is 32.1. The third kappa shape index (κ3) is 3.22. The number of thiophene rings is 1. The van der Waals surface area contributed by atoms with Crippen molar-refractivity contribution in [1.82, 2.24) is 0 Å². The van der Waals surface area contributed by atoms with E-state index in [1.807, 2.05) is 0 Å². The lowest BCUT2D eigenvalue weighted by Gasteiger charge is -2.16. The fourth-order valence-electron chi connectivity index (χ4n) is 2.30. The number of aliphatic hydroxyl groups excluding tert-OH is 1. The van der Waals surface area contributed by atoms with Crippen LogP contribution in [0.25, 0.3) is 10.1 Å². The number of amides is 1. The van der Waals surface area contributed by atoms with Gasteiger partial charge in [-0.05, 0) is 12.1 Å². The van der Waals surface area contributed by atoms with Gasteiger partial charge in [-0.3, -0.25) is 4.79 Å². The molecule has 1 aromatic heterocycles. The van der Waals surface area contributed by atoms with E-state index in [4.69, 9.17) is 19.9 Å². The minimum absolute atomic E-state index is 0.251. The molecule has 0 spiro atoms. The Morgan fingerprint density at radius 2 is 1.96 bits per heavy atom. The van der Waals surface area contributed by atoms with Crippen LogP contribution >= 0.6 is 11.3 Å². The summed E-state index contributed by atoms with van der Waals surface area (Å²) in [6.45, 7) is 0. The number of fused-ring (bicyclic) bond motifs is 1. The topological polar surface area (TPSA) is 108 Å². The highest BCUT2D eigenvalue weighted by Crippen LogP contribution is 2.44. The van der Waals surface area contributed by atoms with Gasteiger partial charge in [0.1, 0.15) is 16.4 Å². The number of benzene rings is 1. The molecule has 0 aliphatic carbocycles. The molecule has 0 aliphatic rings. The van der Waals surface area contributed by atoms with Crippen LogP contribution in [-0.2, 0) is 9.53 Å². The van der Waals surface area contributed by atoms with Gasteiger partial charge in [0.05, 0.1) is 38.6 Å². The molecule has 1 heterocycles. The molecule has 3 N–H and O–H groups in total. The molecule has 0 fully saturated rings. The lowest BCUT2D eigenvalue weighted by Crippen LogP contribution is -2.15. The zero-order chi connectivity index (χ0) is 17.1. The largest absolute Gasteiger partial charge is 0.496 e. The molecule has 0 aliphatic heterocycles. The van der Waals surface area contributed by atoms with Crippen LogP contribution in [0.2, 0.25) is 0 Å². The van der Waals surface area contributed by atoms with Crippen molar-refractivity contribution >= 4 is 33.3 Å². The van der Waals surface area contributed by atoms with Gasteiger partial charge in [-0.1, -0.05) is 0 Å². The quantitative estimate of drug-likeness (QED) is 0.774.